The van der Waals surface area contributed by atoms with Gasteiger partial charge in [-0.3, -0.25) is 4.79 Å². The molecule has 2 rings (SSSR count). The number of carbonyl (C=O) groups is 1. The standard InChI is InChI=1S/C9H14O2/c1-6-3-2-4-7-8(6)5-11-9(7)10/h6-8H,2-5H2,1H3. The van der Waals surface area contributed by atoms with E-state index in [1.54, 1.807) is 0 Å². The molecule has 0 radical (unpaired) electrons. The van der Waals surface area contributed by atoms with Gasteiger partial charge in [0.2, 0.25) is 0 Å². The summed E-state index contributed by atoms with van der Waals surface area (Å²) in [4.78, 5) is 11.1. The summed E-state index contributed by atoms with van der Waals surface area (Å²) in [6.45, 7) is 2.92. The summed E-state index contributed by atoms with van der Waals surface area (Å²) >= 11 is 0. The van der Waals surface area contributed by atoms with Gasteiger partial charge in [-0.1, -0.05) is 19.8 Å². The average Bonchev–Trinajstić information content (AvgIpc) is 2.35. The van der Waals surface area contributed by atoms with E-state index in [2.05, 4.69) is 6.92 Å². The highest BCUT2D eigenvalue weighted by molar-refractivity contribution is 5.74. The Hall–Kier alpha value is -0.530. The van der Waals surface area contributed by atoms with Gasteiger partial charge in [0.1, 0.15) is 0 Å². The Kier molecular flexibility index (Phi) is 1.63. The van der Waals surface area contributed by atoms with Crippen LogP contribution in [-0.4, -0.2) is 12.6 Å². The molecule has 1 heterocycles. The molecule has 0 amide bonds. The van der Waals surface area contributed by atoms with Crippen LogP contribution in [0.15, 0.2) is 0 Å². The molecule has 1 aliphatic carbocycles. The Labute approximate surface area is 66.9 Å². The van der Waals surface area contributed by atoms with E-state index in [9.17, 15) is 4.79 Å². The van der Waals surface area contributed by atoms with Crippen LogP contribution < -0.4 is 0 Å². The van der Waals surface area contributed by atoms with E-state index in [1.807, 2.05) is 0 Å². The van der Waals surface area contributed by atoms with Gasteiger partial charge >= 0.3 is 5.97 Å². The van der Waals surface area contributed by atoms with Crippen LogP contribution in [0.3, 0.4) is 0 Å². The molecule has 3 atom stereocenters. The first-order chi connectivity index (χ1) is 5.29. The highest BCUT2D eigenvalue weighted by Crippen LogP contribution is 2.39. The molecule has 0 N–H and O–H groups in total. The van der Waals surface area contributed by atoms with Crippen molar-refractivity contribution in [2.45, 2.75) is 26.2 Å². The molecule has 62 valence electrons. The zero-order valence-corrected chi connectivity index (χ0v) is 6.88. The quantitative estimate of drug-likeness (QED) is 0.495. The lowest BCUT2D eigenvalue weighted by molar-refractivity contribution is -0.141. The summed E-state index contributed by atoms with van der Waals surface area (Å²) in [5.41, 5.74) is 0. The number of hydrogen-bond acceptors (Lipinski definition) is 2. The van der Waals surface area contributed by atoms with Gasteiger partial charge in [0.15, 0.2) is 0 Å². The summed E-state index contributed by atoms with van der Waals surface area (Å²) in [6.07, 6.45) is 3.54. The normalized spacial score (nSPS) is 43.4. The van der Waals surface area contributed by atoms with Gasteiger partial charge in [-0.05, 0) is 12.3 Å². The number of rotatable bonds is 0. The number of esters is 1. The molecule has 0 aromatic carbocycles. The van der Waals surface area contributed by atoms with Gasteiger partial charge in [0.05, 0.1) is 12.5 Å². The van der Waals surface area contributed by atoms with Crippen LogP contribution in [0, 0.1) is 17.8 Å². The summed E-state index contributed by atoms with van der Waals surface area (Å²) in [5.74, 6) is 1.54. The fourth-order valence-electron chi connectivity index (χ4n) is 2.34. The number of ether oxygens (including phenoxy) is 1. The predicted octanol–water partition coefficient (Wildman–Crippen LogP) is 1.60. The SMILES string of the molecule is CC1CCCC2C(=O)OCC12. The van der Waals surface area contributed by atoms with Crippen LogP contribution in [0.1, 0.15) is 26.2 Å². The molecular formula is C9H14O2. The van der Waals surface area contributed by atoms with Crippen molar-refractivity contribution in [3.63, 3.8) is 0 Å². The van der Waals surface area contributed by atoms with Crippen molar-refractivity contribution in [3.05, 3.63) is 0 Å². The van der Waals surface area contributed by atoms with Crippen molar-refractivity contribution in [2.24, 2.45) is 17.8 Å². The van der Waals surface area contributed by atoms with E-state index >= 15 is 0 Å². The lowest BCUT2D eigenvalue weighted by Gasteiger charge is -2.27. The Morgan fingerprint density at radius 1 is 1.45 bits per heavy atom. The van der Waals surface area contributed by atoms with Crippen LogP contribution in [0.25, 0.3) is 0 Å². The smallest absolute Gasteiger partial charge is 0.309 e. The van der Waals surface area contributed by atoms with E-state index in [-0.39, 0.29) is 11.9 Å². The fraction of sp³-hybridized carbons (Fsp3) is 0.889. The highest BCUT2D eigenvalue weighted by atomic mass is 16.5. The summed E-state index contributed by atoms with van der Waals surface area (Å²) in [7, 11) is 0. The largest absolute Gasteiger partial charge is 0.465 e. The van der Waals surface area contributed by atoms with Crippen molar-refractivity contribution < 1.29 is 9.53 Å². The first-order valence-corrected chi connectivity index (χ1v) is 4.45. The van der Waals surface area contributed by atoms with Crippen LogP contribution in [0.4, 0.5) is 0 Å². The minimum absolute atomic E-state index is 0.0570. The molecule has 1 aliphatic heterocycles. The van der Waals surface area contributed by atoms with E-state index in [1.165, 1.54) is 12.8 Å². The Bertz CT molecular complexity index is 176. The molecule has 0 aromatic rings. The molecule has 0 aromatic heterocycles. The maximum absolute atomic E-state index is 11.1. The Morgan fingerprint density at radius 3 is 3.00 bits per heavy atom. The van der Waals surface area contributed by atoms with Crippen molar-refractivity contribution in [1.29, 1.82) is 0 Å². The number of fused-ring (bicyclic) bond motifs is 1. The monoisotopic (exact) mass is 154 g/mol. The summed E-state index contributed by atoms with van der Waals surface area (Å²) in [6, 6.07) is 0. The Balaban J connectivity index is 2.12. The van der Waals surface area contributed by atoms with Gasteiger partial charge in [0, 0.05) is 5.92 Å². The lowest BCUT2D eigenvalue weighted by Crippen LogP contribution is -2.26. The molecule has 2 heteroatoms. The van der Waals surface area contributed by atoms with Crippen molar-refractivity contribution >= 4 is 5.97 Å². The minimum atomic E-state index is 0.0570. The van der Waals surface area contributed by atoms with E-state index < -0.39 is 0 Å². The van der Waals surface area contributed by atoms with Gasteiger partial charge in [-0.25, -0.2) is 0 Å². The third kappa shape index (κ3) is 1.05. The summed E-state index contributed by atoms with van der Waals surface area (Å²) in [5, 5.41) is 0. The fourth-order valence-corrected chi connectivity index (χ4v) is 2.34. The molecule has 2 nitrogen and oxygen atoms in total. The zero-order valence-electron chi connectivity index (χ0n) is 6.88. The number of carbonyl (C=O) groups excluding carboxylic acids is 1. The summed E-state index contributed by atoms with van der Waals surface area (Å²) < 4.78 is 5.03. The second-order valence-electron chi connectivity index (χ2n) is 3.81. The number of hydrogen-bond donors (Lipinski definition) is 0. The second kappa shape index (κ2) is 2.50. The topological polar surface area (TPSA) is 26.3 Å². The first kappa shape index (κ1) is 7.14. The highest BCUT2D eigenvalue weighted by Gasteiger charge is 2.41. The maximum atomic E-state index is 11.1. The average molecular weight is 154 g/mol. The van der Waals surface area contributed by atoms with Gasteiger partial charge in [-0.2, -0.15) is 0 Å². The van der Waals surface area contributed by atoms with Crippen LogP contribution >= 0.6 is 0 Å². The third-order valence-electron chi connectivity index (χ3n) is 3.14. The molecule has 1 saturated heterocycles. The Morgan fingerprint density at radius 2 is 2.27 bits per heavy atom. The third-order valence-corrected chi connectivity index (χ3v) is 3.14. The van der Waals surface area contributed by atoms with Gasteiger partial charge in [-0.15, -0.1) is 0 Å². The molecule has 3 unspecified atom stereocenters. The molecule has 2 fully saturated rings. The van der Waals surface area contributed by atoms with Crippen LogP contribution in [0.2, 0.25) is 0 Å². The molecule has 0 spiro atoms. The molecule has 2 aliphatic rings. The second-order valence-corrected chi connectivity index (χ2v) is 3.81. The van der Waals surface area contributed by atoms with Gasteiger partial charge < -0.3 is 4.74 Å². The number of cyclic esters (lactones) is 1. The predicted molar refractivity (Wildman–Crippen MR) is 41.0 cm³/mol. The van der Waals surface area contributed by atoms with Gasteiger partial charge in [0.25, 0.3) is 0 Å². The molecular weight excluding hydrogens is 140 g/mol. The van der Waals surface area contributed by atoms with Crippen LogP contribution in [0.5, 0.6) is 0 Å². The van der Waals surface area contributed by atoms with E-state index in [4.69, 9.17) is 4.74 Å². The molecule has 1 saturated carbocycles. The molecule has 11 heavy (non-hydrogen) atoms. The van der Waals surface area contributed by atoms with Crippen molar-refractivity contribution in [3.8, 4) is 0 Å². The lowest BCUT2D eigenvalue weighted by atomic mass is 9.75. The minimum Gasteiger partial charge on any atom is -0.465 e. The van der Waals surface area contributed by atoms with Crippen molar-refractivity contribution in [2.75, 3.05) is 6.61 Å². The van der Waals surface area contributed by atoms with Crippen molar-refractivity contribution in [1.82, 2.24) is 0 Å². The first-order valence-electron chi connectivity index (χ1n) is 4.45. The van der Waals surface area contributed by atoms with E-state index in [0.29, 0.717) is 18.4 Å². The van der Waals surface area contributed by atoms with Crippen LogP contribution in [-0.2, 0) is 9.53 Å². The maximum Gasteiger partial charge on any atom is 0.309 e. The van der Waals surface area contributed by atoms with E-state index in [0.717, 1.165) is 6.42 Å². The molecule has 0 bridgehead atoms. The zero-order chi connectivity index (χ0) is 7.84.